The molecule has 0 radical (unpaired) electrons. The van der Waals surface area contributed by atoms with Crippen molar-refractivity contribution < 1.29 is 9.47 Å². The van der Waals surface area contributed by atoms with Crippen LogP contribution >= 0.6 is 0 Å². The molecule has 0 heterocycles. The summed E-state index contributed by atoms with van der Waals surface area (Å²) in [5.74, 6) is 1.68. The molecule has 0 fully saturated rings. The zero-order valence-electron chi connectivity index (χ0n) is 11.3. The summed E-state index contributed by atoms with van der Waals surface area (Å²) >= 11 is 0. The molecule has 0 aliphatic rings. The quantitative estimate of drug-likeness (QED) is 0.660. The lowest BCUT2D eigenvalue weighted by Crippen LogP contribution is -2.09. The smallest absolute Gasteiger partial charge is 0.122 e. The van der Waals surface area contributed by atoms with Crippen LogP contribution in [0.15, 0.2) is 42.5 Å². The molecule has 0 saturated carbocycles. The number of anilines is 1. The number of aryl methyl sites for hydroxylation is 1. The first-order chi connectivity index (χ1) is 9.16. The van der Waals surface area contributed by atoms with Gasteiger partial charge in [0.25, 0.3) is 0 Å². The Kier molecular flexibility index (Phi) is 4.29. The van der Waals surface area contributed by atoms with Gasteiger partial charge in [0.2, 0.25) is 0 Å². The molecule has 3 nitrogen and oxygen atoms in total. The minimum absolute atomic E-state index is 0.497. The highest BCUT2D eigenvalue weighted by atomic mass is 16.5. The zero-order valence-corrected chi connectivity index (χ0v) is 11.3. The monoisotopic (exact) mass is 257 g/mol. The predicted octanol–water partition coefficient (Wildman–Crippen LogP) is 3.34. The van der Waals surface area contributed by atoms with Crippen LogP contribution in [0, 0.1) is 13.8 Å². The Balaban J connectivity index is 1.82. The predicted molar refractivity (Wildman–Crippen MR) is 77.8 cm³/mol. The standard InChI is InChI=1S/C16H19NO2/c1-12-5-3-8-16(13(12)2)19-10-9-18-15-7-4-6-14(17)11-15/h3-8,11H,9-10,17H2,1-2H3. The number of ether oxygens (including phenoxy) is 2. The third kappa shape index (κ3) is 3.65. The molecular formula is C16H19NO2. The number of rotatable bonds is 5. The van der Waals surface area contributed by atoms with Gasteiger partial charge < -0.3 is 15.2 Å². The Bertz CT molecular complexity index is 552. The van der Waals surface area contributed by atoms with E-state index in [1.165, 1.54) is 11.1 Å². The van der Waals surface area contributed by atoms with Gasteiger partial charge in [0.05, 0.1) is 0 Å². The second kappa shape index (κ2) is 6.14. The van der Waals surface area contributed by atoms with Crippen molar-refractivity contribution in [3.63, 3.8) is 0 Å². The Morgan fingerprint density at radius 1 is 0.947 bits per heavy atom. The van der Waals surface area contributed by atoms with Gasteiger partial charge in [0.1, 0.15) is 24.7 Å². The molecule has 100 valence electrons. The van der Waals surface area contributed by atoms with Gasteiger partial charge in [-0.25, -0.2) is 0 Å². The van der Waals surface area contributed by atoms with E-state index in [1.54, 1.807) is 6.07 Å². The van der Waals surface area contributed by atoms with Crippen molar-refractivity contribution in [2.45, 2.75) is 13.8 Å². The highest BCUT2D eigenvalue weighted by Gasteiger charge is 2.01. The lowest BCUT2D eigenvalue weighted by atomic mass is 10.1. The second-order valence-corrected chi connectivity index (χ2v) is 4.47. The van der Waals surface area contributed by atoms with E-state index in [-0.39, 0.29) is 0 Å². The van der Waals surface area contributed by atoms with E-state index in [9.17, 15) is 0 Å². The topological polar surface area (TPSA) is 44.5 Å². The van der Waals surface area contributed by atoms with E-state index in [2.05, 4.69) is 19.9 Å². The van der Waals surface area contributed by atoms with Gasteiger partial charge in [-0.15, -0.1) is 0 Å². The molecule has 2 aromatic rings. The molecule has 0 unspecified atom stereocenters. The third-order valence-corrected chi connectivity index (χ3v) is 3.02. The van der Waals surface area contributed by atoms with Gasteiger partial charge >= 0.3 is 0 Å². The molecule has 2 rings (SSSR count). The Morgan fingerprint density at radius 3 is 2.47 bits per heavy atom. The normalized spacial score (nSPS) is 10.2. The van der Waals surface area contributed by atoms with Crippen LogP contribution in [0.1, 0.15) is 11.1 Å². The molecule has 0 aliphatic heterocycles. The van der Waals surface area contributed by atoms with Gasteiger partial charge in [-0.3, -0.25) is 0 Å². The molecule has 3 heteroatoms. The van der Waals surface area contributed by atoms with Gasteiger partial charge in [-0.1, -0.05) is 18.2 Å². The number of benzene rings is 2. The summed E-state index contributed by atoms with van der Waals surface area (Å²) in [6.45, 7) is 5.14. The van der Waals surface area contributed by atoms with Crippen molar-refractivity contribution in [2.24, 2.45) is 0 Å². The Labute approximate surface area is 114 Å². The molecular weight excluding hydrogens is 238 g/mol. The highest BCUT2D eigenvalue weighted by molar-refractivity contribution is 5.43. The van der Waals surface area contributed by atoms with Crippen LogP contribution in [0.4, 0.5) is 5.69 Å². The summed E-state index contributed by atoms with van der Waals surface area (Å²) in [5.41, 5.74) is 8.78. The average Bonchev–Trinajstić information content (AvgIpc) is 2.39. The zero-order chi connectivity index (χ0) is 13.7. The third-order valence-electron chi connectivity index (χ3n) is 3.02. The van der Waals surface area contributed by atoms with Crippen molar-refractivity contribution in [1.82, 2.24) is 0 Å². The summed E-state index contributed by atoms with van der Waals surface area (Å²) in [6.07, 6.45) is 0. The van der Waals surface area contributed by atoms with E-state index < -0.39 is 0 Å². The van der Waals surface area contributed by atoms with Gasteiger partial charge in [0.15, 0.2) is 0 Å². The maximum absolute atomic E-state index is 5.71. The van der Waals surface area contributed by atoms with Crippen molar-refractivity contribution in [3.05, 3.63) is 53.6 Å². The maximum atomic E-state index is 5.71. The number of hydrogen-bond acceptors (Lipinski definition) is 3. The Morgan fingerprint density at radius 2 is 1.68 bits per heavy atom. The summed E-state index contributed by atoms with van der Waals surface area (Å²) in [7, 11) is 0. The van der Waals surface area contributed by atoms with Crippen molar-refractivity contribution in [3.8, 4) is 11.5 Å². The molecule has 0 bridgehead atoms. The molecule has 0 atom stereocenters. The Hall–Kier alpha value is -2.16. The van der Waals surface area contributed by atoms with Gasteiger partial charge in [-0.2, -0.15) is 0 Å². The second-order valence-electron chi connectivity index (χ2n) is 4.47. The van der Waals surface area contributed by atoms with Gasteiger partial charge in [0, 0.05) is 11.8 Å². The van der Waals surface area contributed by atoms with E-state index in [0.29, 0.717) is 18.9 Å². The number of nitrogen functional groups attached to an aromatic ring is 1. The summed E-state index contributed by atoms with van der Waals surface area (Å²) in [4.78, 5) is 0. The van der Waals surface area contributed by atoms with Crippen LogP contribution in [0.3, 0.4) is 0 Å². The summed E-state index contributed by atoms with van der Waals surface area (Å²) < 4.78 is 11.3. The van der Waals surface area contributed by atoms with E-state index >= 15 is 0 Å². The first-order valence-electron chi connectivity index (χ1n) is 6.34. The van der Waals surface area contributed by atoms with Crippen LogP contribution in [0.5, 0.6) is 11.5 Å². The minimum atomic E-state index is 0.497. The highest BCUT2D eigenvalue weighted by Crippen LogP contribution is 2.20. The van der Waals surface area contributed by atoms with Crippen molar-refractivity contribution in [2.75, 3.05) is 18.9 Å². The molecule has 0 aliphatic carbocycles. The minimum Gasteiger partial charge on any atom is -0.490 e. The van der Waals surface area contributed by atoms with Crippen molar-refractivity contribution >= 4 is 5.69 Å². The molecule has 0 saturated heterocycles. The van der Waals surface area contributed by atoms with Crippen LogP contribution < -0.4 is 15.2 Å². The maximum Gasteiger partial charge on any atom is 0.122 e. The van der Waals surface area contributed by atoms with Crippen LogP contribution in [0.25, 0.3) is 0 Å². The molecule has 0 spiro atoms. The lowest BCUT2D eigenvalue weighted by Gasteiger charge is -2.11. The van der Waals surface area contributed by atoms with Crippen molar-refractivity contribution in [1.29, 1.82) is 0 Å². The van der Waals surface area contributed by atoms with E-state index in [4.69, 9.17) is 15.2 Å². The largest absolute Gasteiger partial charge is 0.490 e. The molecule has 2 N–H and O–H groups in total. The molecule has 0 amide bonds. The lowest BCUT2D eigenvalue weighted by molar-refractivity contribution is 0.216. The first kappa shape index (κ1) is 13.3. The van der Waals surface area contributed by atoms with Crippen LogP contribution in [-0.4, -0.2) is 13.2 Å². The van der Waals surface area contributed by atoms with Gasteiger partial charge in [-0.05, 0) is 43.2 Å². The first-order valence-corrected chi connectivity index (χ1v) is 6.34. The fourth-order valence-corrected chi connectivity index (χ4v) is 1.80. The van der Waals surface area contributed by atoms with Crippen LogP contribution in [0.2, 0.25) is 0 Å². The number of hydrogen-bond donors (Lipinski definition) is 1. The fraction of sp³-hybridized carbons (Fsp3) is 0.250. The van der Waals surface area contributed by atoms with E-state index in [0.717, 1.165) is 11.5 Å². The molecule has 2 aromatic carbocycles. The number of nitrogens with two attached hydrogens (primary N) is 1. The molecule has 0 aromatic heterocycles. The average molecular weight is 257 g/mol. The van der Waals surface area contributed by atoms with Crippen LogP contribution in [-0.2, 0) is 0 Å². The fourth-order valence-electron chi connectivity index (χ4n) is 1.80. The summed E-state index contributed by atoms with van der Waals surface area (Å²) in [5, 5.41) is 0. The SMILES string of the molecule is Cc1cccc(OCCOc2cccc(N)c2)c1C. The van der Waals surface area contributed by atoms with E-state index in [1.807, 2.05) is 30.3 Å². The summed E-state index contributed by atoms with van der Waals surface area (Å²) in [6, 6.07) is 13.4. The molecule has 19 heavy (non-hydrogen) atoms.